The lowest BCUT2D eigenvalue weighted by Crippen LogP contribution is -2.27. The Kier molecular flexibility index (Phi) is 2.00. The average Bonchev–Trinajstić information content (AvgIpc) is 2.18. The number of carbonyl (C=O) groups excluding carboxylic acids is 1. The third kappa shape index (κ3) is 1.18. The fourth-order valence-corrected chi connectivity index (χ4v) is 1.71. The number of para-hydroxylation sites is 1. The van der Waals surface area contributed by atoms with Crippen molar-refractivity contribution in [3.05, 3.63) is 35.4 Å². The first kappa shape index (κ1) is 8.81. The van der Waals surface area contributed by atoms with Gasteiger partial charge in [-0.05, 0) is 13.0 Å². The van der Waals surface area contributed by atoms with Gasteiger partial charge >= 0.3 is 0 Å². The predicted octanol–water partition coefficient (Wildman–Crippen LogP) is 1.37. The monoisotopic (exact) mass is 188 g/mol. The molecule has 1 heterocycles. The topological polar surface area (TPSA) is 55.1 Å². The number of aldehydes is 1. The Balaban J connectivity index is 2.61. The molecular formula is C11H12N2O. The summed E-state index contributed by atoms with van der Waals surface area (Å²) in [4.78, 5) is 10.8. The van der Waals surface area contributed by atoms with Gasteiger partial charge in [0.05, 0.1) is 6.04 Å². The molecule has 1 unspecified atom stereocenters. The van der Waals surface area contributed by atoms with Crippen LogP contribution in [0.15, 0.2) is 29.8 Å². The number of hydrogen-bond acceptors (Lipinski definition) is 3. The molecule has 0 amide bonds. The summed E-state index contributed by atoms with van der Waals surface area (Å²) in [6.07, 6.45) is 0.822. The first-order chi connectivity index (χ1) is 6.74. The maximum Gasteiger partial charge on any atom is 0.150 e. The first-order valence-corrected chi connectivity index (χ1v) is 4.55. The SMILES string of the molecule is CC1Nc2ccccc2C(N)=C1C=O. The van der Waals surface area contributed by atoms with Crippen molar-refractivity contribution in [1.82, 2.24) is 0 Å². The van der Waals surface area contributed by atoms with E-state index in [9.17, 15) is 4.79 Å². The molecule has 0 fully saturated rings. The number of hydrogen-bond donors (Lipinski definition) is 2. The van der Waals surface area contributed by atoms with Crippen LogP contribution in [0.4, 0.5) is 5.69 Å². The van der Waals surface area contributed by atoms with Crippen LogP contribution >= 0.6 is 0 Å². The van der Waals surface area contributed by atoms with Gasteiger partial charge < -0.3 is 11.1 Å². The van der Waals surface area contributed by atoms with Gasteiger partial charge in [-0.2, -0.15) is 0 Å². The molecule has 0 bridgehead atoms. The van der Waals surface area contributed by atoms with Crippen molar-refractivity contribution in [2.24, 2.45) is 5.73 Å². The molecule has 0 radical (unpaired) electrons. The molecule has 14 heavy (non-hydrogen) atoms. The minimum Gasteiger partial charge on any atom is -0.398 e. The molecular weight excluding hydrogens is 176 g/mol. The summed E-state index contributed by atoms with van der Waals surface area (Å²) in [6.45, 7) is 1.92. The summed E-state index contributed by atoms with van der Waals surface area (Å²) in [6, 6.07) is 7.71. The highest BCUT2D eigenvalue weighted by molar-refractivity contribution is 5.94. The number of nitrogens with one attached hydrogen (secondary N) is 1. The van der Waals surface area contributed by atoms with E-state index in [4.69, 9.17) is 5.73 Å². The number of benzene rings is 1. The second-order valence-electron chi connectivity index (χ2n) is 3.40. The van der Waals surface area contributed by atoms with Gasteiger partial charge in [0.15, 0.2) is 0 Å². The van der Waals surface area contributed by atoms with Gasteiger partial charge in [-0.15, -0.1) is 0 Å². The first-order valence-electron chi connectivity index (χ1n) is 4.55. The highest BCUT2D eigenvalue weighted by Gasteiger charge is 2.20. The van der Waals surface area contributed by atoms with E-state index >= 15 is 0 Å². The molecule has 0 saturated heterocycles. The summed E-state index contributed by atoms with van der Waals surface area (Å²) >= 11 is 0. The highest BCUT2D eigenvalue weighted by Crippen LogP contribution is 2.29. The Morgan fingerprint density at radius 2 is 2.14 bits per heavy atom. The second kappa shape index (κ2) is 3.18. The van der Waals surface area contributed by atoms with E-state index in [1.807, 2.05) is 31.2 Å². The summed E-state index contributed by atoms with van der Waals surface area (Å²) in [5.74, 6) is 0. The Bertz CT molecular complexity index is 410. The largest absolute Gasteiger partial charge is 0.398 e. The summed E-state index contributed by atoms with van der Waals surface area (Å²) in [7, 11) is 0. The molecule has 1 aromatic rings. The minimum absolute atomic E-state index is 0.0117. The van der Waals surface area contributed by atoms with Crippen molar-refractivity contribution in [2.75, 3.05) is 5.32 Å². The molecule has 3 heteroatoms. The summed E-state index contributed by atoms with van der Waals surface area (Å²) < 4.78 is 0. The molecule has 1 aliphatic rings. The quantitative estimate of drug-likeness (QED) is 0.654. The van der Waals surface area contributed by atoms with Gasteiger partial charge in [0.1, 0.15) is 6.29 Å². The maximum atomic E-state index is 10.8. The van der Waals surface area contributed by atoms with Gasteiger partial charge in [-0.1, -0.05) is 18.2 Å². The van der Waals surface area contributed by atoms with Crippen LogP contribution in [0.5, 0.6) is 0 Å². The fourth-order valence-electron chi connectivity index (χ4n) is 1.71. The van der Waals surface area contributed by atoms with Crippen molar-refractivity contribution < 1.29 is 4.79 Å². The summed E-state index contributed by atoms with van der Waals surface area (Å²) in [5, 5.41) is 3.22. The molecule has 0 spiro atoms. The van der Waals surface area contributed by atoms with Gasteiger partial charge in [0.25, 0.3) is 0 Å². The Hall–Kier alpha value is -1.77. The van der Waals surface area contributed by atoms with Gasteiger partial charge in [0.2, 0.25) is 0 Å². The van der Waals surface area contributed by atoms with Crippen molar-refractivity contribution in [1.29, 1.82) is 0 Å². The second-order valence-corrected chi connectivity index (χ2v) is 3.40. The highest BCUT2D eigenvalue weighted by atomic mass is 16.1. The molecule has 0 aromatic heterocycles. The molecule has 3 nitrogen and oxygen atoms in total. The normalized spacial score (nSPS) is 19.9. The molecule has 1 aromatic carbocycles. The Labute approximate surface area is 82.6 Å². The van der Waals surface area contributed by atoms with E-state index in [0.29, 0.717) is 11.3 Å². The lowest BCUT2D eigenvalue weighted by atomic mass is 9.96. The van der Waals surface area contributed by atoms with E-state index in [1.165, 1.54) is 0 Å². The lowest BCUT2D eigenvalue weighted by Gasteiger charge is -2.25. The number of anilines is 1. The summed E-state index contributed by atoms with van der Waals surface area (Å²) in [5.41, 5.74) is 9.01. The van der Waals surface area contributed by atoms with Gasteiger partial charge in [0, 0.05) is 22.5 Å². The van der Waals surface area contributed by atoms with E-state index in [1.54, 1.807) is 0 Å². The molecule has 72 valence electrons. The molecule has 0 saturated carbocycles. The molecule has 1 atom stereocenters. The Morgan fingerprint density at radius 1 is 1.43 bits per heavy atom. The third-order valence-corrected chi connectivity index (χ3v) is 2.49. The zero-order chi connectivity index (χ0) is 10.1. The van der Waals surface area contributed by atoms with E-state index in [0.717, 1.165) is 17.5 Å². The van der Waals surface area contributed by atoms with Crippen LogP contribution in [-0.4, -0.2) is 12.3 Å². The fraction of sp³-hybridized carbons (Fsp3) is 0.182. The molecule has 2 rings (SSSR count). The average molecular weight is 188 g/mol. The van der Waals surface area contributed by atoms with Crippen LogP contribution in [0.2, 0.25) is 0 Å². The van der Waals surface area contributed by atoms with Crippen LogP contribution in [-0.2, 0) is 4.79 Å². The minimum atomic E-state index is -0.0117. The lowest BCUT2D eigenvalue weighted by molar-refractivity contribution is -0.105. The number of carbonyl (C=O) groups is 1. The van der Waals surface area contributed by atoms with Crippen LogP contribution in [0, 0.1) is 0 Å². The number of nitrogens with two attached hydrogens (primary N) is 1. The maximum absolute atomic E-state index is 10.8. The number of rotatable bonds is 1. The zero-order valence-corrected chi connectivity index (χ0v) is 7.95. The van der Waals surface area contributed by atoms with E-state index in [-0.39, 0.29) is 6.04 Å². The van der Waals surface area contributed by atoms with E-state index in [2.05, 4.69) is 5.32 Å². The Morgan fingerprint density at radius 3 is 2.86 bits per heavy atom. The van der Waals surface area contributed by atoms with Gasteiger partial charge in [-0.25, -0.2) is 0 Å². The van der Waals surface area contributed by atoms with Crippen LogP contribution in [0.25, 0.3) is 5.70 Å². The molecule has 3 N–H and O–H groups in total. The molecule has 1 aliphatic heterocycles. The van der Waals surface area contributed by atoms with Crippen LogP contribution < -0.4 is 11.1 Å². The van der Waals surface area contributed by atoms with Crippen molar-refractivity contribution >= 4 is 17.7 Å². The predicted molar refractivity (Wildman–Crippen MR) is 56.7 cm³/mol. The standard InChI is InChI=1S/C11H12N2O/c1-7-9(6-14)11(12)8-4-2-3-5-10(8)13-7/h2-7,13H,12H2,1H3. The van der Waals surface area contributed by atoms with Crippen molar-refractivity contribution in [3.63, 3.8) is 0 Å². The van der Waals surface area contributed by atoms with Gasteiger partial charge in [-0.3, -0.25) is 4.79 Å². The van der Waals surface area contributed by atoms with E-state index < -0.39 is 0 Å². The van der Waals surface area contributed by atoms with Crippen molar-refractivity contribution in [3.8, 4) is 0 Å². The smallest absolute Gasteiger partial charge is 0.150 e. The van der Waals surface area contributed by atoms with Crippen LogP contribution in [0.3, 0.4) is 0 Å². The zero-order valence-electron chi connectivity index (χ0n) is 7.95. The molecule has 0 aliphatic carbocycles. The van der Waals surface area contributed by atoms with Crippen LogP contribution in [0.1, 0.15) is 12.5 Å². The number of fused-ring (bicyclic) bond motifs is 1. The van der Waals surface area contributed by atoms with Crippen molar-refractivity contribution in [2.45, 2.75) is 13.0 Å². The third-order valence-electron chi connectivity index (χ3n) is 2.49.